The predicted octanol–water partition coefficient (Wildman–Crippen LogP) is 3.99. The van der Waals surface area contributed by atoms with E-state index < -0.39 is 0 Å². The highest BCUT2D eigenvalue weighted by molar-refractivity contribution is 5.94. The van der Waals surface area contributed by atoms with Crippen LogP contribution in [0.5, 0.6) is 17.2 Å². The van der Waals surface area contributed by atoms with E-state index in [0.29, 0.717) is 41.9 Å². The summed E-state index contributed by atoms with van der Waals surface area (Å²) in [6, 6.07) is 12.7. The third-order valence-corrected chi connectivity index (χ3v) is 4.43. The maximum atomic E-state index is 12.6. The Bertz CT molecular complexity index is 985. The SMILES string of the molecule is CCCOc1ccc(C(=O)NCc2nc(-c3ccc(OC)cc3)n[nH]2)cc1OCCC. The van der Waals surface area contributed by atoms with E-state index in [9.17, 15) is 4.79 Å². The first kappa shape index (κ1) is 22.1. The maximum absolute atomic E-state index is 12.6. The molecule has 0 spiro atoms. The molecule has 0 unspecified atom stereocenters. The molecule has 2 aromatic carbocycles. The molecule has 1 amide bonds. The Morgan fingerprint density at radius 2 is 1.71 bits per heavy atom. The number of benzene rings is 2. The minimum absolute atomic E-state index is 0.223. The van der Waals surface area contributed by atoms with Crippen LogP contribution in [0.1, 0.15) is 42.9 Å². The molecule has 0 fully saturated rings. The zero-order chi connectivity index (χ0) is 22.1. The lowest BCUT2D eigenvalue weighted by molar-refractivity contribution is 0.0949. The summed E-state index contributed by atoms with van der Waals surface area (Å²) < 4.78 is 16.6. The van der Waals surface area contributed by atoms with Gasteiger partial charge in [-0.1, -0.05) is 13.8 Å². The van der Waals surface area contributed by atoms with Crippen molar-refractivity contribution in [1.82, 2.24) is 20.5 Å². The highest BCUT2D eigenvalue weighted by atomic mass is 16.5. The summed E-state index contributed by atoms with van der Waals surface area (Å²) in [6.07, 6.45) is 1.76. The van der Waals surface area contributed by atoms with Crippen molar-refractivity contribution in [3.63, 3.8) is 0 Å². The van der Waals surface area contributed by atoms with Crippen LogP contribution in [0.15, 0.2) is 42.5 Å². The van der Waals surface area contributed by atoms with Crippen LogP contribution in [0, 0.1) is 0 Å². The zero-order valence-corrected chi connectivity index (χ0v) is 18.1. The van der Waals surface area contributed by atoms with Gasteiger partial charge in [0.05, 0.1) is 26.9 Å². The van der Waals surface area contributed by atoms with Crippen LogP contribution in [0.2, 0.25) is 0 Å². The van der Waals surface area contributed by atoms with Gasteiger partial charge in [-0.15, -0.1) is 0 Å². The van der Waals surface area contributed by atoms with Crippen molar-refractivity contribution >= 4 is 5.91 Å². The van der Waals surface area contributed by atoms with E-state index in [1.165, 1.54) is 0 Å². The van der Waals surface area contributed by atoms with Crippen molar-refractivity contribution in [3.8, 4) is 28.6 Å². The molecule has 31 heavy (non-hydrogen) atoms. The Labute approximate surface area is 181 Å². The Balaban J connectivity index is 1.64. The Kier molecular flexibility index (Phi) is 7.86. The van der Waals surface area contributed by atoms with Gasteiger partial charge in [-0.3, -0.25) is 9.89 Å². The van der Waals surface area contributed by atoms with Crippen LogP contribution < -0.4 is 19.5 Å². The average molecular weight is 425 g/mol. The van der Waals surface area contributed by atoms with E-state index >= 15 is 0 Å². The predicted molar refractivity (Wildman–Crippen MR) is 118 cm³/mol. The molecule has 2 N–H and O–H groups in total. The van der Waals surface area contributed by atoms with Crippen molar-refractivity contribution in [2.45, 2.75) is 33.2 Å². The van der Waals surface area contributed by atoms with Gasteiger partial charge in [0.1, 0.15) is 11.6 Å². The molecule has 0 radical (unpaired) electrons. The molecule has 0 saturated heterocycles. The number of aromatic nitrogens is 3. The zero-order valence-electron chi connectivity index (χ0n) is 18.1. The molecule has 1 aromatic heterocycles. The molecule has 0 saturated carbocycles. The van der Waals surface area contributed by atoms with Gasteiger partial charge in [0.2, 0.25) is 0 Å². The fraction of sp³-hybridized carbons (Fsp3) is 0.348. The largest absolute Gasteiger partial charge is 0.497 e. The van der Waals surface area contributed by atoms with Crippen molar-refractivity contribution in [1.29, 1.82) is 0 Å². The van der Waals surface area contributed by atoms with Crippen LogP contribution in [-0.4, -0.2) is 41.4 Å². The molecule has 8 heteroatoms. The third kappa shape index (κ3) is 5.97. The van der Waals surface area contributed by atoms with Gasteiger partial charge >= 0.3 is 0 Å². The molecule has 1 heterocycles. The summed E-state index contributed by atoms with van der Waals surface area (Å²) in [4.78, 5) is 17.1. The van der Waals surface area contributed by atoms with Gasteiger partial charge in [0, 0.05) is 11.1 Å². The lowest BCUT2D eigenvalue weighted by atomic mass is 10.2. The van der Waals surface area contributed by atoms with Crippen molar-refractivity contribution < 1.29 is 19.0 Å². The van der Waals surface area contributed by atoms with E-state index in [1.807, 2.05) is 38.1 Å². The fourth-order valence-corrected chi connectivity index (χ4v) is 2.82. The second-order valence-corrected chi connectivity index (χ2v) is 6.88. The summed E-state index contributed by atoms with van der Waals surface area (Å²) in [7, 11) is 1.62. The number of nitrogens with zero attached hydrogens (tertiary/aromatic N) is 2. The molecule has 0 aliphatic rings. The first-order valence-corrected chi connectivity index (χ1v) is 10.4. The molecule has 0 bridgehead atoms. The summed E-state index contributed by atoms with van der Waals surface area (Å²) in [5, 5.41) is 9.93. The van der Waals surface area contributed by atoms with Crippen molar-refractivity contribution in [3.05, 3.63) is 53.9 Å². The standard InChI is InChI=1S/C23H28N4O4/c1-4-12-30-19-11-8-17(14-20(19)31-13-5-2)23(28)24-15-21-25-22(27-26-21)16-6-9-18(29-3)10-7-16/h6-11,14H,4-5,12-13,15H2,1-3H3,(H,24,28)(H,25,26,27). The molecular weight excluding hydrogens is 396 g/mol. The number of nitrogens with one attached hydrogen (secondary N) is 2. The summed E-state index contributed by atoms with van der Waals surface area (Å²) >= 11 is 0. The number of hydrogen-bond donors (Lipinski definition) is 2. The smallest absolute Gasteiger partial charge is 0.251 e. The lowest BCUT2D eigenvalue weighted by Crippen LogP contribution is -2.23. The lowest BCUT2D eigenvalue weighted by Gasteiger charge is -2.13. The van der Waals surface area contributed by atoms with Gasteiger partial charge < -0.3 is 19.5 Å². The van der Waals surface area contributed by atoms with Gasteiger partial charge in [0.25, 0.3) is 5.91 Å². The Morgan fingerprint density at radius 1 is 1.00 bits per heavy atom. The Morgan fingerprint density at radius 3 is 2.39 bits per heavy atom. The number of carbonyl (C=O) groups is 1. The number of rotatable bonds is 11. The van der Waals surface area contributed by atoms with E-state index in [1.54, 1.807) is 25.3 Å². The molecule has 8 nitrogen and oxygen atoms in total. The van der Waals surface area contributed by atoms with Crippen molar-refractivity contribution in [2.75, 3.05) is 20.3 Å². The van der Waals surface area contributed by atoms with Gasteiger partial charge in [-0.05, 0) is 55.3 Å². The topological polar surface area (TPSA) is 98.4 Å². The van der Waals surface area contributed by atoms with E-state index in [4.69, 9.17) is 14.2 Å². The van der Waals surface area contributed by atoms with Gasteiger partial charge in [0.15, 0.2) is 17.3 Å². The molecule has 0 aliphatic heterocycles. The summed E-state index contributed by atoms with van der Waals surface area (Å²) in [6.45, 7) is 5.44. The average Bonchev–Trinajstić information content (AvgIpc) is 3.29. The third-order valence-electron chi connectivity index (χ3n) is 4.43. The van der Waals surface area contributed by atoms with Gasteiger partial charge in [-0.25, -0.2) is 4.98 Å². The van der Waals surface area contributed by atoms with Gasteiger partial charge in [-0.2, -0.15) is 5.10 Å². The molecule has 0 aliphatic carbocycles. The number of carbonyl (C=O) groups excluding carboxylic acids is 1. The quantitative estimate of drug-likeness (QED) is 0.483. The summed E-state index contributed by atoms with van der Waals surface area (Å²) in [5.74, 6) is 2.87. The number of hydrogen-bond acceptors (Lipinski definition) is 6. The van der Waals surface area contributed by atoms with Crippen molar-refractivity contribution in [2.24, 2.45) is 0 Å². The monoisotopic (exact) mass is 424 g/mol. The highest BCUT2D eigenvalue weighted by Gasteiger charge is 2.13. The number of methoxy groups -OCH3 is 1. The molecule has 0 atom stereocenters. The number of aromatic amines is 1. The fourth-order valence-electron chi connectivity index (χ4n) is 2.82. The first-order chi connectivity index (χ1) is 15.1. The summed E-state index contributed by atoms with van der Waals surface area (Å²) in [5.41, 5.74) is 1.35. The maximum Gasteiger partial charge on any atom is 0.251 e. The van der Waals surface area contributed by atoms with Crippen LogP contribution in [-0.2, 0) is 6.54 Å². The second-order valence-electron chi connectivity index (χ2n) is 6.88. The van der Waals surface area contributed by atoms with Crippen LogP contribution in [0.4, 0.5) is 0 Å². The minimum Gasteiger partial charge on any atom is -0.497 e. The number of amides is 1. The second kappa shape index (κ2) is 11.0. The number of H-pyrrole nitrogens is 1. The molecule has 3 aromatic rings. The Hall–Kier alpha value is -3.55. The van der Waals surface area contributed by atoms with Crippen LogP contribution in [0.3, 0.4) is 0 Å². The van der Waals surface area contributed by atoms with E-state index in [0.717, 1.165) is 24.2 Å². The van der Waals surface area contributed by atoms with Crippen LogP contribution in [0.25, 0.3) is 11.4 Å². The normalized spacial score (nSPS) is 10.5. The molecular formula is C23H28N4O4. The van der Waals surface area contributed by atoms with E-state index in [-0.39, 0.29) is 12.5 Å². The molecule has 164 valence electrons. The first-order valence-electron chi connectivity index (χ1n) is 10.4. The van der Waals surface area contributed by atoms with Crippen LogP contribution >= 0.6 is 0 Å². The van der Waals surface area contributed by atoms with E-state index in [2.05, 4.69) is 20.5 Å². The molecule has 3 rings (SSSR count). The number of ether oxygens (including phenoxy) is 3. The highest BCUT2D eigenvalue weighted by Crippen LogP contribution is 2.29. The minimum atomic E-state index is -0.231.